The van der Waals surface area contributed by atoms with E-state index in [1.165, 1.54) is 0 Å². The maximum Gasteiger partial charge on any atom is 0.242 e. The highest BCUT2D eigenvalue weighted by atomic mass is 79.9. The van der Waals surface area contributed by atoms with Crippen molar-refractivity contribution in [1.29, 1.82) is 0 Å². The molecule has 1 heterocycles. The molecule has 0 radical (unpaired) electrons. The second-order valence-electron chi connectivity index (χ2n) is 4.65. The van der Waals surface area contributed by atoms with Gasteiger partial charge < -0.3 is 16.0 Å². The van der Waals surface area contributed by atoms with Crippen LogP contribution in [0.25, 0.3) is 0 Å². The van der Waals surface area contributed by atoms with E-state index in [4.69, 9.17) is 5.73 Å². The highest BCUT2D eigenvalue weighted by Gasteiger charge is 2.27. The van der Waals surface area contributed by atoms with Gasteiger partial charge in [-0.3, -0.25) is 4.79 Å². The molecule has 0 saturated carbocycles. The first kappa shape index (κ1) is 13.4. The monoisotopic (exact) mass is 311 g/mol. The van der Waals surface area contributed by atoms with Gasteiger partial charge in [0.1, 0.15) is 6.04 Å². The van der Waals surface area contributed by atoms with Gasteiger partial charge in [0.2, 0.25) is 5.91 Å². The maximum absolute atomic E-state index is 11.7. The summed E-state index contributed by atoms with van der Waals surface area (Å²) in [7, 11) is 0. The molecule has 1 amide bonds. The highest BCUT2D eigenvalue weighted by molar-refractivity contribution is 9.10. The van der Waals surface area contributed by atoms with E-state index in [1.54, 1.807) is 0 Å². The lowest BCUT2D eigenvalue weighted by atomic mass is 10.0. The van der Waals surface area contributed by atoms with Gasteiger partial charge in [0.15, 0.2) is 0 Å². The molecule has 4 nitrogen and oxygen atoms in total. The van der Waals surface area contributed by atoms with Crippen LogP contribution >= 0.6 is 15.9 Å². The Kier molecular flexibility index (Phi) is 3.92. The molecule has 2 rings (SSSR count). The van der Waals surface area contributed by atoms with Crippen LogP contribution in [-0.4, -0.2) is 25.0 Å². The number of hydrogen-bond acceptors (Lipinski definition) is 3. The molecule has 0 aromatic heterocycles. The third kappa shape index (κ3) is 2.52. The fraction of sp³-hybridized carbons (Fsp3) is 0.462. The summed E-state index contributed by atoms with van der Waals surface area (Å²) in [6.45, 7) is 5.37. The molecular formula is C13H18BrN3O. The van der Waals surface area contributed by atoms with Crippen molar-refractivity contribution < 1.29 is 4.79 Å². The predicted octanol–water partition coefficient (Wildman–Crippen LogP) is 1.79. The van der Waals surface area contributed by atoms with Gasteiger partial charge in [-0.2, -0.15) is 0 Å². The van der Waals surface area contributed by atoms with E-state index >= 15 is 0 Å². The number of carbonyl (C=O) groups is 1. The van der Waals surface area contributed by atoms with Gasteiger partial charge in [-0.1, -0.05) is 15.9 Å². The van der Waals surface area contributed by atoms with Crippen molar-refractivity contribution in [3.05, 3.63) is 28.2 Å². The normalized spacial score (nSPS) is 21.7. The molecule has 0 aliphatic carbocycles. The van der Waals surface area contributed by atoms with Gasteiger partial charge in [0, 0.05) is 29.3 Å². The van der Waals surface area contributed by atoms with Crippen molar-refractivity contribution in [1.82, 2.24) is 5.32 Å². The summed E-state index contributed by atoms with van der Waals surface area (Å²) in [6, 6.07) is 5.82. The van der Waals surface area contributed by atoms with Gasteiger partial charge in [0.05, 0.1) is 0 Å². The van der Waals surface area contributed by atoms with E-state index in [1.807, 2.05) is 32.0 Å². The lowest BCUT2D eigenvalue weighted by Gasteiger charge is -2.36. The smallest absolute Gasteiger partial charge is 0.242 e. The van der Waals surface area contributed by atoms with Gasteiger partial charge in [-0.05, 0) is 37.6 Å². The molecule has 1 aliphatic rings. The summed E-state index contributed by atoms with van der Waals surface area (Å²) in [5.41, 5.74) is 8.13. The van der Waals surface area contributed by atoms with Crippen LogP contribution in [0.2, 0.25) is 0 Å². The van der Waals surface area contributed by atoms with Crippen molar-refractivity contribution in [3.8, 4) is 0 Å². The fourth-order valence-electron chi connectivity index (χ4n) is 2.26. The third-order valence-corrected chi connectivity index (χ3v) is 3.78. The largest absolute Gasteiger partial charge is 0.358 e. The number of carbonyl (C=O) groups excluding carboxylic acids is 1. The molecule has 1 aromatic rings. The van der Waals surface area contributed by atoms with Gasteiger partial charge in [-0.25, -0.2) is 0 Å². The molecule has 1 fully saturated rings. The minimum atomic E-state index is -0.155. The predicted molar refractivity (Wildman–Crippen MR) is 76.6 cm³/mol. The Labute approximate surface area is 116 Å². The zero-order valence-corrected chi connectivity index (χ0v) is 12.2. The van der Waals surface area contributed by atoms with E-state index in [9.17, 15) is 4.79 Å². The lowest BCUT2D eigenvalue weighted by molar-refractivity contribution is -0.122. The number of hydrogen-bond donors (Lipinski definition) is 2. The SMILES string of the molecule is CC(N)c1cc(Br)ccc1N1CCNC(=O)C1C. The van der Waals surface area contributed by atoms with Crippen LogP contribution < -0.4 is 16.0 Å². The number of rotatable bonds is 2. The van der Waals surface area contributed by atoms with E-state index in [2.05, 4.69) is 26.1 Å². The average Bonchev–Trinajstić information content (AvgIpc) is 2.33. The first-order valence-electron chi connectivity index (χ1n) is 6.10. The molecule has 98 valence electrons. The van der Waals surface area contributed by atoms with Crippen LogP contribution in [0.15, 0.2) is 22.7 Å². The number of halogens is 1. The topological polar surface area (TPSA) is 58.4 Å². The van der Waals surface area contributed by atoms with E-state index in [0.29, 0.717) is 6.54 Å². The molecule has 18 heavy (non-hydrogen) atoms. The molecule has 2 unspecified atom stereocenters. The van der Waals surface area contributed by atoms with E-state index in [0.717, 1.165) is 22.3 Å². The Morgan fingerprint density at radius 1 is 1.56 bits per heavy atom. The Hall–Kier alpha value is -1.07. The zero-order valence-electron chi connectivity index (χ0n) is 10.6. The van der Waals surface area contributed by atoms with Crippen LogP contribution in [0.3, 0.4) is 0 Å². The Balaban J connectivity index is 2.40. The minimum Gasteiger partial charge on any atom is -0.358 e. The molecule has 1 aliphatic heterocycles. The standard InChI is InChI=1S/C13H18BrN3O/c1-8(15)11-7-10(14)3-4-12(11)17-6-5-16-13(18)9(17)2/h3-4,7-9H,5-6,15H2,1-2H3,(H,16,18). The fourth-order valence-corrected chi connectivity index (χ4v) is 2.64. The third-order valence-electron chi connectivity index (χ3n) is 3.29. The number of amides is 1. The van der Waals surface area contributed by atoms with Gasteiger partial charge in [0.25, 0.3) is 0 Å². The summed E-state index contributed by atoms with van der Waals surface area (Å²) in [5.74, 6) is 0.0693. The molecule has 1 aromatic carbocycles. The van der Waals surface area contributed by atoms with Crippen molar-refractivity contribution in [2.75, 3.05) is 18.0 Å². The van der Waals surface area contributed by atoms with Crippen molar-refractivity contribution >= 4 is 27.5 Å². The Bertz CT molecular complexity index is 462. The lowest BCUT2D eigenvalue weighted by Crippen LogP contribution is -2.54. The van der Waals surface area contributed by atoms with Crippen molar-refractivity contribution in [2.24, 2.45) is 5.73 Å². The number of piperazine rings is 1. The molecule has 0 spiro atoms. The second-order valence-corrected chi connectivity index (χ2v) is 5.57. The van der Waals surface area contributed by atoms with Crippen LogP contribution in [0.1, 0.15) is 25.5 Å². The number of nitrogens with zero attached hydrogens (tertiary/aromatic N) is 1. The molecule has 1 saturated heterocycles. The van der Waals surface area contributed by atoms with Crippen molar-refractivity contribution in [3.63, 3.8) is 0 Å². The average molecular weight is 312 g/mol. The molecule has 0 bridgehead atoms. The van der Waals surface area contributed by atoms with E-state index < -0.39 is 0 Å². The molecular weight excluding hydrogens is 294 g/mol. The summed E-state index contributed by atoms with van der Waals surface area (Å²) < 4.78 is 1.01. The minimum absolute atomic E-state index is 0.0605. The Morgan fingerprint density at radius 3 is 2.94 bits per heavy atom. The summed E-state index contributed by atoms with van der Waals surface area (Å²) in [6.07, 6.45) is 0. The number of anilines is 1. The molecule has 5 heteroatoms. The summed E-state index contributed by atoms with van der Waals surface area (Å²) >= 11 is 3.46. The van der Waals surface area contributed by atoms with Crippen molar-refractivity contribution in [2.45, 2.75) is 25.9 Å². The van der Waals surface area contributed by atoms with Crippen LogP contribution in [0.5, 0.6) is 0 Å². The first-order chi connectivity index (χ1) is 8.50. The summed E-state index contributed by atoms with van der Waals surface area (Å²) in [4.78, 5) is 13.8. The van der Waals surface area contributed by atoms with Gasteiger partial charge in [-0.15, -0.1) is 0 Å². The molecule has 2 atom stereocenters. The number of benzene rings is 1. The number of nitrogens with one attached hydrogen (secondary N) is 1. The Morgan fingerprint density at radius 2 is 2.28 bits per heavy atom. The van der Waals surface area contributed by atoms with Crippen LogP contribution in [0, 0.1) is 0 Å². The molecule has 3 N–H and O–H groups in total. The van der Waals surface area contributed by atoms with Crippen LogP contribution in [-0.2, 0) is 4.79 Å². The maximum atomic E-state index is 11.7. The summed E-state index contributed by atoms with van der Waals surface area (Å²) in [5, 5.41) is 2.87. The first-order valence-corrected chi connectivity index (χ1v) is 6.89. The quantitative estimate of drug-likeness (QED) is 0.875. The van der Waals surface area contributed by atoms with Gasteiger partial charge >= 0.3 is 0 Å². The highest BCUT2D eigenvalue weighted by Crippen LogP contribution is 2.30. The van der Waals surface area contributed by atoms with Crippen LogP contribution in [0.4, 0.5) is 5.69 Å². The van der Waals surface area contributed by atoms with E-state index in [-0.39, 0.29) is 18.0 Å². The number of nitrogens with two attached hydrogens (primary N) is 1. The second kappa shape index (κ2) is 5.28. The zero-order chi connectivity index (χ0) is 13.3.